The third-order valence-electron chi connectivity index (χ3n) is 3.90. The van der Waals surface area contributed by atoms with Crippen molar-refractivity contribution >= 4 is 49.4 Å². The number of nitrogens with zero attached hydrogens (tertiary/aromatic N) is 1. The van der Waals surface area contributed by atoms with Gasteiger partial charge in [0.05, 0.1) is 15.5 Å². The molecule has 0 bridgehead atoms. The molecule has 28 heavy (non-hydrogen) atoms. The maximum atomic E-state index is 12.6. The SMILES string of the molecule is CCN(CC)S(=O)(=O)c1cccc(C(=O)NNC(=O)c2ccc(Br)cc2Cl)c1. The molecule has 2 aromatic carbocycles. The van der Waals surface area contributed by atoms with Gasteiger partial charge in [-0.25, -0.2) is 8.42 Å². The van der Waals surface area contributed by atoms with Crippen molar-refractivity contribution in [1.29, 1.82) is 0 Å². The van der Waals surface area contributed by atoms with Crippen molar-refractivity contribution in [3.8, 4) is 0 Å². The van der Waals surface area contributed by atoms with Gasteiger partial charge in [-0.15, -0.1) is 0 Å². The fourth-order valence-electron chi connectivity index (χ4n) is 2.44. The average molecular weight is 489 g/mol. The highest BCUT2D eigenvalue weighted by Gasteiger charge is 2.22. The Morgan fingerprint density at radius 3 is 2.29 bits per heavy atom. The zero-order valence-electron chi connectivity index (χ0n) is 15.2. The number of halogens is 2. The molecule has 0 aliphatic carbocycles. The summed E-state index contributed by atoms with van der Waals surface area (Å²) >= 11 is 9.25. The van der Waals surface area contributed by atoms with Crippen molar-refractivity contribution in [3.05, 3.63) is 63.1 Å². The molecule has 0 aromatic heterocycles. The summed E-state index contributed by atoms with van der Waals surface area (Å²) in [5.74, 6) is -1.25. The summed E-state index contributed by atoms with van der Waals surface area (Å²) in [6.07, 6.45) is 0. The van der Waals surface area contributed by atoms with Crippen LogP contribution in [0.3, 0.4) is 0 Å². The van der Waals surface area contributed by atoms with E-state index in [-0.39, 0.29) is 21.0 Å². The molecule has 0 fully saturated rings. The van der Waals surface area contributed by atoms with E-state index < -0.39 is 21.8 Å². The van der Waals surface area contributed by atoms with Crippen molar-refractivity contribution in [1.82, 2.24) is 15.2 Å². The number of benzene rings is 2. The summed E-state index contributed by atoms with van der Waals surface area (Å²) in [6, 6.07) is 10.3. The second kappa shape index (κ2) is 9.51. The summed E-state index contributed by atoms with van der Waals surface area (Å²) < 4.78 is 27.2. The number of hydrogen-bond acceptors (Lipinski definition) is 4. The number of rotatable bonds is 6. The van der Waals surface area contributed by atoms with E-state index in [2.05, 4.69) is 26.8 Å². The molecular formula is C18H19BrClN3O4S. The molecule has 0 saturated heterocycles. The number of carbonyl (C=O) groups excluding carboxylic acids is 2. The Balaban J connectivity index is 2.14. The molecule has 7 nitrogen and oxygen atoms in total. The number of carbonyl (C=O) groups is 2. The van der Waals surface area contributed by atoms with Gasteiger partial charge in [-0.05, 0) is 36.4 Å². The van der Waals surface area contributed by atoms with Gasteiger partial charge in [-0.3, -0.25) is 20.4 Å². The van der Waals surface area contributed by atoms with E-state index in [9.17, 15) is 18.0 Å². The van der Waals surface area contributed by atoms with Gasteiger partial charge in [0.25, 0.3) is 11.8 Å². The van der Waals surface area contributed by atoms with Gasteiger partial charge < -0.3 is 0 Å². The van der Waals surface area contributed by atoms with E-state index in [4.69, 9.17) is 11.6 Å². The molecule has 0 spiro atoms. The maximum Gasteiger partial charge on any atom is 0.271 e. The molecule has 2 amide bonds. The largest absolute Gasteiger partial charge is 0.271 e. The van der Waals surface area contributed by atoms with Crippen LogP contribution in [0.4, 0.5) is 0 Å². The monoisotopic (exact) mass is 487 g/mol. The van der Waals surface area contributed by atoms with Crippen LogP contribution < -0.4 is 10.9 Å². The maximum absolute atomic E-state index is 12.6. The Bertz CT molecular complexity index is 994. The van der Waals surface area contributed by atoms with Crippen LogP contribution in [0.2, 0.25) is 5.02 Å². The van der Waals surface area contributed by atoms with Crippen LogP contribution in [-0.2, 0) is 10.0 Å². The minimum atomic E-state index is -3.70. The molecule has 0 aliphatic heterocycles. The number of sulfonamides is 1. The topological polar surface area (TPSA) is 95.6 Å². The molecule has 0 atom stereocenters. The Labute approximate surface area is 177 Å². The van der Waals surface area contributed by atoms with Crippen molar-refractivity contribution in [2.24, 2.45) is 0 Å². The lowest BCUT2D eigenvalue weighted by Gasteiger charge is -2.18. The highest BCUT2D eigenvalue weighted by atomic mass is 79.9. The molecule has 2 N–H and O–H groups in total. The fraction of sp³-hybridized carbons (Fsp3) is 0.222. The second-order valence-electron chi connectivity index (χ2n) is 5.65. The third kappa shape index (κ3) is 5.11. The molecule has 0 aliphatic rings. The highest BCUT2D eigenvalue weighted by Crippen LogP contribution is 2.21. The zero-order valence-corrected chi connectivity index (χ0v) is 18.4. The quantitative estimate of drug-likeness (QED) is 0.610. The van der Waals surface area contributed by atoms with Crippen molar-refractivity contribution in [2.75, 3.05) is 13.1 Å². The fourth-order valence-corrected chi connectivity index (χ4v) is 4.70. The molecular weight excluding hydrogens is 470 g/mol. The van der Waals surface area contributed by atoms with Crippen LogP contribution in [0.15, 0.2) is 51.8 Å². The van der Waals surface area contributed by atoms with Gasteiger partial charge in [0, 0.05) is 23.1 Å². The second-order valence-corrected chi connectivity index (χ2v) is 8.91. The molecule has 150 valence electrons. The van der Waals surface area contributed by atoms with Gasteiger partial charge in [0.15, 0.2) is 0 Å². The average Bonchev–Trinajstić information content (AvgIpc) is 2.66. The van der Waals surface area contributed by atoms with Gasteiger partial charge in [0.1, 0.15) is 0 Å². The van der Waals surface area contributed by atoms with E-state index in [1.165, 1.54) is 34.6 Å². The first-order valence-corrected chi connectivity index (χ1v) is 11.0. The van der Waals surface area contributed by atoms with Crippen molar-refractivity contribution in [2.45, 2.75) is 18.7 Å². The number of nitrogens with one attached hydrogen (secondary N) is 2. The minimum absolute atomic E-state index is 0.00568. The first-order valence-electron chi connectivity index (χ1n) is 8.36. The zero-order chi connectivity index (χ0) is 20.9. The van der Waals surface area contributed by atoms with E-state index in [0.717, 1.165) is 0 Å². The molecule has 0 radical (unpaired) electrons. The Morgan fingerprint density at radius 2 is 1.68 bits per heavy atom. The summed E-state index contributed by atoms with van der Waals surface area (Å²) in [6.45, 7) is 4.11. The van der Waals surface area contributed by atoms with Gasteiger partial charge in [-0.1, -0.05) is 47.4 Å². The van der Waals surface area contributed by atoms with E-state index in [0.29, 0.717) is 17.6 Å². The summed E-state index contributed by atoms with van der Waals surface area (Å²) in [4.78, 5) is 24.5. The van der Waals surface area contributed by atoms with Gasteiger partial charge in [-0.2, -0.15) is 4.31 Å². The molecule has 2 rings (SSSR count). The lowest BCUT2D eigenvalue weighted by Crippen LogP contribution is -2.41. The minimum Gasteiger partial charge on any atom is -0.267 e. The number of hydrazine groups is 1. The first kappa shape index (κ1) is 22.4. The summed E-state index contributed by atoms with van der Waals surface area (Å²) in [5, 5.41) is 0.216. The standard InChI is InChI=1S/C18H19BrClN3O4S/c1-3-23(4-2)28(26,27)14-7-5-6-12(10-14)17(24)21-22-18(25)15-9-8-13(19)11-16(15)20/h5-11H,3-4H2,1-2H3,(H,21,24)(H,22,25). The molecule has 0 unspecified atom stereocenters. The summed E-state index contributed by atoms with van der Waals surface area (Å²) in [7, 11) is -3.70. The van der Waals surface area contributed by atoms with Gasteiger partial charge in [0.2, 0.25) is 10.0 Å². The van der Waals surface area contributed by atoms with Crippen LogP contribution in [0, 0.1) is 0 Å². The lowest BCUT2D eigenvalue weighted by molar-refractivity contribution is 0.0846. The van der Waals surface area contributed by atoms with E-state index >= 15 is 0 Å². The molecule has 2 aromatic rings. The van der Waals surface area contributed by atoms with Crippen LogP contribution >= 0.6 is 27.5 Å². The first-order chi connectivity index (χ1) is 13.2. The van der Waals surface area contributed by atoms with E-state index in [1.807, 2.05) is 0 Å². The number of amides is 2. The molecule has 0 heterocycles. The lowest BCUT2D eigenvalue weighted by atomic mass is 10.2. The van der Waals surface area contributed by atoms with Gasteiger partial charge >= 0.3 is 0 Å². The third-order valence-corrected chi connectivity index (χ3v) is 6.76. The normalized spacial score (nSPS) is 11.3. The van der Waals surface area contributed by atoms with E-state index in [1.54, 1.807) is 26.0 Å². The van der Waals surface area contributed by atoms with Crippen molar-refractivity contribution < 1.29 is 18.0 Å². The van der Waals surface area contributed by atoms with Crippen LogP contribution in [-0.4, -0.2) is 37.6 Å². The molecule has 10 heteroatoms. The van der Waals surface area contributed by atoms with Crippen molar-refractivity contribution in [3.63, 3.8) is 0 Å². The van der Waals surface area contributed by atoms with Crippen LogP contribution in [0.5, 0.6) is 0 Å². The number of hydrogen-bond donors (Lipinski definition) is 2. The Hall–Kier alpha value is -1.94. The smallest absolute Gasteiger partial charge is 0.267 e. The summed E-state index contributed by atoms with van der Waals surface area (Å²) in [5.41, 5.74) is 4.80. The van der Waals surface area contributed by atoms with Crippen LogP contribution in [0.25, 0.3) is 0 Å². The Morgan fingerprint density at radius 1 is 1.04 bits per heavy atom. The predicted molar refractivity (Wildman–Crippen MR) is 111 cm³/mol. The highest BCUT2D eigenvalue weighted by molar-refractivity contribution is 9.10. The molecule has 0 saturated carbocycles. The Kier molecular flexibility index (Phi) is 7.59. The van der Waals surface area contributed by atoms with Crippen LogP contribution in [0.1, 0.15) is 34.6 Å². The predicted octanol–water partition coefficient (Wildman–Crippen LogP) is 3.21.